The summed E-state index contributed by atoms with van der Waals surface area (Å²) >= 11 is 8.63. The zero-order valence-corrected chi connectivity index (χ0v) is 9.58. The molecule has 0 bridgehead atoms. The van der Waals surface area contributed by atoms with Crippen molar-refractivity contribution in [3.05, 3.63) is 38.4 Å². The maximum atomic E-state index is 10.8. The van der Waals surface area contributed by atoms with Crippen LogP contribution in [0.3, 0.4) is 0 Å². The van der Waals surface area contributed by atoms with Gasteiger partial charge in [0, 0.05) is 11.4 Å². The summed E-state index contributed by atoms with van der Waals surface area (Å²) in [5.41, 5.74) is -0.0165. The quantitative estimate of drug-likeness (QED) is 0.528. The summed E-state index contributed by atoms with van der Waals surface area (Å²) in [5, 5.41) is 19.4. The Labute approximate surface area is 97.9 Å². The van der Waals surface area contributed by atoms with Crippen molar-refractivity contribution in [2.45, 2.75) is 5.33 Å². The van der Waals surface area contributed by atoms with E-state index in [0.29, 0.717) is 5.56 Å². The van der Waals surface area contributed by atoms with Crippen molar-refractivity contribution < 1.29 is 14.8 Å². The van der Waals surface area contributed by atoms with Gasteiger partial charge in [0.1, 0.15) is 5.02 Å². The second-order valence-corrected chi connectivity index (χ2v) is 3.62. The molecule has 1 aromatic rings. The lowest BCUT2D eigenvalue weighted by atomic mass is 10.1. The van der Waals surface area contributed by atoms with Gasteiger partial charge in [0.25, 0.3) is 5.69 Å². The smallest absolute Gasteiger partial charge is 0.336 e. The van der Waals surface area contributed by atoms with Gasteiger partial charge in [-0.15, -0.1) is 0 Å². The third-order valence-electron chi connectivity index (χ3n) is 1.74. The molecule has 1 N–H and O–H groups in total. The number of nitrogens with zero attached hydrogens (tertiary/aromatic N) is 1. The Balaban J connectivity index is 3.42. The number of carboxylic acids is 1. The molecule has 15 heavy (non-hydrogen) atoms. The van der Waals surface area contributed by atoms with Crippen LogP contribution in [0.2, 0.25) is 5.02 Å². The van der Waals surface area contributed by atoms with E-state index in [4.69, 9.17) is 16.7 Å². The number of hydrogen-bond donors (Lipinski definition) is 1. The summed E-state index contributed by atoms with van der Waals surface area (Å²) in [5.74, 6) is -1.17. The van der Waals surface area contributed by atoms with Crippen LogP contribution < -0.4 is 0 Å². The molecule has 0 atom stereocenters. The predicted molar refractivity (Wildman–Crippen MR) is 57.7 cm³/mol. The van der Waals surface area contributed by atoms with E-state index < -0.39 is 10.9 Å². The molecule has 0 spiro atoms. The van der Waals surface area contributed by atoms with Crippen molar-refractivity contribution in [2.24, 2.45) is 0 Å². The van der Waals surface area contributed by atoms with Crippen LogP contribution in [0.5, 0.6) is 0 Å². The standard InChI is InChI=1S/C8H5BrClNO4/c9-3-4-1-7(11(14)15)6(10)2-5(4)8(12)13/h1-2H,3H2,(H,12,13). The third kappa shape index (κ3) is 2.45. The van der Waals surface area contributed by atoms with E-state index in [1.54, 1.807) is 0 Å². The summed E-state index contributed by atoms with van der Waals surface area (Å²) in [4.78, 5) is 20.6. The van der Waals surface area contributed by atoms with E-state index in [9.17, 15) is 14.9 Å². The molecular formula is C8H5BrClNO4. The monoisotopic (exact) mass is 293 g/mol. The molecule has 0 aromatic heterocycles. The highest BCUT2D eigenvalue weighted by Gasteiger charge is 2.19. The number of rotatable bonds is 3. The average molecular weight is 294 g/mol. The third-order valence-corrected chi connectivity index (χ3v) is 2.65. The van der Waals surface area contributed by atoms with Crippen LogP contribution >= 0.6 is 27.5 Å². The van der Waals surface area contributed by atoms with Crippen molar-refractivity contribution in [2.75, 3.05) is 0 Å². The fourth-order valence-electron chi connectivity index (χ4n) is 1.05. The lowest BCUT2D eigenvalue weighted by Gasteiger charge is -2.03. The lowest BCUT2D eigenvalue weighted by molar-refractivity contribution is -0.384. The second-order valence-electron chi connectivity index (χ2n) is 2.66. The molecule has 1 aromatic carbocycles. The molecular weight excluding hydrogens is 289 g/mol. The van der Waals surface area contributed by atoms with Gasteiger partial charge in [0.15, 0.2) is 0 Å². The van der Waals surface area contributed by atoms with Gasteiger partial charge in [-0.1, -0.05) is 27.5 Å². The van der Waals surface area contributed by atoms with Gasteiger partial charge in [0.2, 0.25) is 0 Å². The van der Waals surface area contributed by atoms with Crippen LogP contribution in [-0.2, 0) is 5.33 Å². The number of carboxylic acid groups (broad SMARTS) is 1. The Morgan fingerprint density at radius 3 is 2.60 bits per heavy atom. The van der Waals surface area contributed by atoms with E-state index in [1.165, 1.54) is 0 Å². The molecule has 0 saturated carbocycles. The molecule has 5 nitrogen and oxygen atoms in total. The zero-order chi connectivity index (χ0) is 11.6. The molecule has 0 heterocycles. The minimum atomic E-state index is -1.17. The first-order chi connectivity index (χ1) is 6.97. The van der Waals surface area contributed by atoms with Crippen LogP contribution in [0.15, 0.2) is 12.1 Å². The van der Waals surface area contributed by atoms with Crippen molar-refractivity contribution in [1.82, 2.24) is 0 Å². The molecule has 0 saturated heterocycles. The summed E-state index contributed by atoms with van der Waals surface area (Å²) in [7, 11) is 0. The maximum Gasteiger partial charge on any atom is 0.336 e. The summed E-state index contributed by atoms with van der Waals surface area (Å²) in [6.45, 7) is 0. The van der Waals surface area contributed by atoms with Gasteiger partial charge in [0.05, 0.1) is 10.5 Å². The number of alkyl halides is 1. The number of nitro benzene ring substituents is 1. The second kappa shape index (κ2) is 4.59. The van der Waals surface area contributed by atoms with Gasteiger partial charge in [-0.05, 0) is 11.6 Å². The molecule has 0 unspecified atom stereocenters. The fourth-order valence-corrected chi connectivity index (χ4v) is 1.75. The Hall–Kier alpha value is -1.14. The van der Waals surface area contributed by atoms with Gasteiger partial charge in [-0.25, -0.2) is 4.79 Å². The van der Waals surface area contributed by atoms with Gasteiger partial charge >= 0.3 is 5.97 Å². The normalized spacial score (nSPS) is 10.0. The number of aromatic carboxylic acids is 1. The van der Waals surface area contributed by atoms with Gasteiger partial charge in [-0.2, -0.15) is 0 Å². The molecule has 0 aliphatic carbocycles. The minimum Gasteiger partial charge on any atom is -0.478 e. The molecule has 1 rings (SSSR count). The number of nitro groups is 1. The van der Waals surface area contributed by atoms with E-state index in [2.05, 4.69) is 15.9 Å². The Bertz CT molecular complexity index is 435. The van der Waals surface area contributed by atoms with Crippen molar-refractivity contribution in [1.29, 1.82) is 0 Å². The largest absolute Gasteiger partial charge is 0.478 e. The first kappa shape index (κ1) is 11.9. The molecule has 0 aliphatic rings. The van der Waals surface area contributed by atoms with Crippen molar-refractivity contribution >= 4 is 39.2 Å². The average Bonchev–Trinajstić information content (AvgIpc) is 2.16. The minimum absolute atomic E-state index is 0.0394. The maximum absolute atomic E-state index is 10.8. The molecule has 0 radical (unpaired) electrons. The number of benzene rings is 1. The van der Waals surface area contributed by atoms with E-state index in [0.717, 1.165) is 12.1 Å². The number of hydrogen-bond acceptors (Lipinski definition) is 3. The fraction of sp³-hybridized carbons (Fsp3) is 0.125. The highest BCUT2D eigenvalue weighted by molar-refractivity contribution is 9.08. The van der Waals surface area contributed by atoms with E-state index >= 15 is 0 Å². The van der Waals surface area contributed by atoms with E-state index in [1.807, 2.05) is 0 Å². The van der Waals surface area contributed by atoms with Crippen LogP contribution in [0.4, 0.5) is 5.69 Å². The number of carbonyl (C=O) groups is 1. The molecule has 0 aliphatic heterocycles. The first-order valence-electron chi connectivity index (χ1n) is 3.73. The highest BCUT2D eigenvalue weighted by Crippen LogP contribution is 2.29. The van der Waals surface area contributed by atoms with Crippen LogP contribution in [0.1, 0.15) is 15.9 Å². The molecule has 0 amide bonds. The van der Waals surface area contributed by atoms with Crippen LogP contribution in [0, 0.1) is 10.1 Å². The summed E-state index contributed by atoms with van der Waals surface area (Å²) in [6.07, 6.45) is 0. The highest BCUT2D eigenvalue weighted by atomic mass is 79.9. The van der Waals surface area contributed by atoms with Crippen LogP contribution in [0.25, 0.3) is 0 Å². The van der Waals surface area contributed by atoms with Crippen LogP contribution in [-0.4, -0.2) is 16.0 Å². The number of halogens is 2. The van der Waals surface area contributed by atoms with Crippen molar-refractivity contribution in [3.8, 4) is 0 Å². The molecule has 7 heteroatoms. The zero-order valence-electron chi connectivity index (χ0n) is 7.24. The molecule has 0 fully saturated rings. The Morgan fingerprint density at radius 2 is 2.20 bits per heavy atom. The van der Waals surface area contributed by atoms with E-state index in [-0.39, 0.29) is 21.6 Å². The topological polar surface area (TPSA) is 80.4 Å². The Kier molecular flexibility index (Phi) is 3.65. The SMILES string of the molecule is O=C(O)c1cc(Cl)c([N+](=O)[O-])cc1CBr. The van der Waals surface area contributed by atoms with Gasteiger partial charge in [-0.3, -0.25) is 10.1 Å². The Morgan fingerprint density at radius 1 is 1.60 bits per heavy atom. The summed E-state index contributed by atoms with van der Waals surface area (Å²) in [6, 6.07) is 2.24. The summed E-state index contributed by atoms with van der Waals surface area (Å²) < 4.78 is 0. The molecule has 80 valence electrons. The van der Waals surface area contributed by atoms with Crippen molar-refractivity contribution in [3.63, 3.8) is 0 Å². The first-order valence-corrected chi connectivity index (χ1v) is 5.23. The predicted octanol–water partition coefficient (Wildman–Crippen LogP) is 2.84. The van der Waals surface area contributed by atoms with Gasteiger partial charge < -0.3 is 5.11 Å². The lowest BCUT2D eigenvalue weighted by Crippen LogP contribution is -2.02.